The zero-order valence-corrected chi connectivity index (χ0v) is 13.0. The highest BCUT2D eigenvalue weighted by Gasteiger charge is 2.16. The normalized spacial score (nSPS) is 12.0. The average molecular weight is 286 g/mol. The molecule has 4 heteroatoms. The summed E-state index contributed by atoms with van der Waals surface area (Å²) in [7, 11) is 0. The number of hydrogen-bond acceptors (Lipinski definition) is 3. The molecule has 1 amide bonds. The summed E-state index contributed by atoms with van der Waals surface area (Å²) in [6.45, 7) is 8.57. The molecule has 0 bridgehead atoms. The molecule has 0 saturated heterocycles. The Morgan fingerprint density at radius 2 is 2.00 bits per heavy atom. The first kappa shape index (κ1) is 15.2. The number of anilines is 1. The van der Waals surface area contributed by atoms with Gasteiger partial charge in [0.05, 0.1) is 11.6 Å². The quantitative estimate of drug-likeness (QED) is 0.878. The predicted molar refractivity (Wildman–Crippen MR) is 84.7 cm³/mol. The van der Waals surface area contributed by atoms with E-state index < -0.39 is 0 Å². The van der Waals surface area contributed by atoms with Crippen molar-refractivity contribution in [1.82, 2.24) is 5.32 Å². The monoisotopic (exact) mass is 286 g/mol. The van der Waals surface area contributed by atoms with Gasteiger partial charge in [0.25, 0.3) is 5.91 Å². The van der Waals surface area contributed by atoms with Crippen LogP contribution in [0.5, 0.6) is 0 Å². The van der Waals surface area contributed by atoms with Crippen LogP contribution in [0.3, 0.4) is 0 Å². The number of carbonyl (C=O) groups excluding carboxylic acids is 1. The summed E-state index contributed by atoms with van der Waals surface area (Å²) >= 11 is 0. The van der Waals surface area contributed by atoms with Crippen molar-refractivity contribution in [2.24, 2.45) is 0 Å². The van der Waals surface area contributed by atoms with Crippen molar-refractivity contribution in [2.45, 2.75) is 33.7 Å². The Morgan fingerprint density at radius 1 is 1.24 bits per heavy atom. The van der Waals surface area contributed by atoms with Gasteiger partial charge in [-0.25, -0.2) is 0 Å². The van der Waals surface area contributed by atoms with Gasteiger partial charge < -0.3 is 15.1 Å². The van der Waals surface area contributed by atoms with Crippen LogP contribution in [0.1, 0.15) is 47.3 Å². The molecule has 21 heavy (non-hydrogen) atoms. The van der Waals surface area contributed by atoms with Crippen molar-refractivity contribution in [3.05, 3.63) is 53.0 Å². The van der Waals surface area contributed by atoms with E-state index in [0.29, 0.717) is 5.56 Å². The Kier molecular flexibility index (Phi) is 4.68. The lowest BCUT2D eigenvalue weighted by atomic mass is 10.1. The molecule has 1 heterocycles. The van der Waals surface area contributed by atoms with Gasteiger partial charge in [0.2, 0.25) is 0 Å². The molecule has 0 radical (unpaired) electrons. The van der Waals surface area contributed by atoms with E-state index in [1.807, 2.05) is 58.0 Å². The Balaban J connectivity index is 2.18. The van der Waals surface area contributed by atoms with Gasteiger partial charge in [0, 0.05) is 12.2 Å². The number of hydrogen-bond donors (Lipinski definition) is 2. The summed E-state index contributed by atoms with van der Waals surface area (Å²) in [5.74, 6) is 1.50. The molecule has 1 aromatic heterocycles. The van der Waals surface area contributed by atoms with E-state index in [1.165, 1.54) is 0 Å². The fourth-order valence-corrected chi connectivity index (χ4v) is 2.22. The third kappa shape index (κ3) is 3.66. The highest BCUT2D eigenvalue weighted by atomic mass is 16.3. The van der Waals surface area contributed by atoms with E-state index in [-0.39, 0.29) is 11.9 Å². The molecule has 2 rings (SSSR count). The Hall–Kier alpha value is -2.23. The summed E-state index contributed by atoms with van der Waals surface area (Å²) in [5, 5.41) is 6.20. The maximum absolute atomic E-state index is 12.5. The van der Waals surface area contributed by atoms with Crippen molar-refractivity contribution in [1.29, 1.82) is 0 Å². The zero-order chi connectivity index (χ0) is 15.4. The Bertz CT molecular complexity index is 631. The van der Waals surface area contributed by atoms with Gasteiger partial charge in [0.1, 0.15) is 11.5 Å². The van der Waals surface area contributed by atoms with E-state index in [2.05, 4.69) is 10.6 Å². The topological polar surface area (TPSA) is 54.3 Å². The van der Waals surface area contributed by atoms with Crippen LogP contribution in [0.4, 0.5) is 5.69 Å². The van der Waals surface area contributed by atoms with Crippen LogP contribution >= 0.6 is 0 Å². The van der Waals surface area contributed by atoms with E-state index in [1.54, 1.807) is 0 Å². The first-order valence-electron chi connectivity index (χ1n) is 7.23. The van der Waals surface area contributed by atoms with Gasteiger partial charge in [-0.3, -0.25) is 4.79 Å². The number of amides is 1. The molecule has 1 unspecified atom stereocenters. The number of aryl methyl sites for hydroxylation is 2. The maximum Gasteiger partial charge on any atom is 0.253 e. The minimum absolute atomic E-state index is 0.101. The lowest BCUT2D eigenvalue weighted by molar-refractivity contribution is 0.0936. The molecule has 2 aromatic rings. The van der Waals surface area contributed by atoms with Gasteiger partial charge in [-0.15, -0.1) is 0 Å². The molecule has 0 aliphatic carbocycles. The van der Waals surface area contributed by atoms with Crippen LogP contribution in [0.2, 0.25) is 0 Å². The number of rotatable bonds is 5. The van der Waals surface area contributed by atoms with Crippen LogP contribution in [-0.4, -0.2) is 12.5 Å². The lowest BCUT2D eigenvalue weighted by Gasteiger charge is -2.15. The molecule has 112 valence electrons. The lowest BCUT2D eigenvalue weighted by Crippen LogP contribution is -2.27. The van der Waals surface area contributed by atoms with Crippen LogP contribution < -0.4 is 10.6 Å². The first-order chi connectivity index (χ1) is 10.0. The SMILES string of the molecule is CCNc1ccc(C)cc1C(=O)NC(C)c1ccc(C)o1. The fraction of sp³-hybridized carbons (Fsp3) is 0.353. The standard InChI is InChI=1S/C17H22N2O2/c1-5-18-15-8-6-11(2)10-14(15)17(20)19-13(4)16-9-7-12(3)21-16/h6-10,13,18H,5H2,1-4H3,(H,19,20). The molecular weight excluding hydrogens is 264 g/mol. The largest absolute Gasteiger partial charge is 0.464 e. The van der Waals surface area contributed by atoms with Crippen molar-refractivity contribution < 1.29 is 9.21 Å². The van der Waals surface area contributed by atoms with Crippen molar-refractivity contribution in [3.8, 4) is 0 Å². The third-order valence-corrected chi connectivity index (χ3v) is 3.32. The van der Waals surface area contributed by atoms with Crippen LogP contribution in [0.15, 0.2) is 34.7 Å². The molecular formula is C17H22N2O2. The first-order valence-corrected chi connectivity index (χ1v) is 7.23. The van der Waals surface area contributed by atoms with Crippen molar-refractivity contribution in [2.75, 3.05) is 11.9 Å². The number of benzene rings is 1. The van der Waals surface area contributed by atoms with Crippen LogP contribution in [0.25, 0.3) is 0 Å². The van der Waals surface area contributed by atoms with Gasteiger partial charge in [0.15, 0.2) is 0 Å². The molecule has 1 atom stereocenters. The van der Waals surface area contributed by atoms with E-state index in [4.69, 9.17) is 4.42 Å². The van der Waals surface area contributed by atoms with E-state index in [9.17, 15) is 4.79 Å². The predicted octanol–water partition coefficient (Wildman–Crippen LogP) is 3.82. The number of furan rings is 1. The second kappa shape index (κ2) is 6.48. The highest BCUT2D eigenvalue weighted by Crippen LogP contribution is 2.20. The third-order valence-electron chi connectivity index (χ3n) is 3.32. The van der Waals surface area contributed by atoms with Crippen molar-refractivity contribution in [3.63, 3.8) is 0 Å². The molecule has 4 nitrogen and oxygen atoms in total. The Morgan fingerprint density at radius 3 is 2.62 bits per heavy atom. The Labute approximate surface area is 125 Å². The summed E-state index contributed by atoms with van der Waals surface area (Å²) in [4.78, 5) is 12.5. The van der Waals surface area contributed by atoms with Crippen LogP contribution in [0, 0.1) is 13.8 Å². The second-order valence-electron chi connectivity index (χ2n) is 5.22. The highest BCUT2D eigenvalue weighted by molar-refractivity contribution is 6.00. The molecule has 2 N–H and O–H groups in total. The van der Waals surface area contributed by atoms with Gasteiger partial charge in [-0.1, -0.05) is 11.6 Å². The minimum atomic E-state index is -0.166. The van der Waals surface area contributed by atoms with Crippen molar-refractivity contribution >= 4 is 11.6 Å². The molecule has 0 fully saturated rings. The van der Waals surface area contributed by atoms with Gasteiger partial charge in [-0.05, 0) is 52.0 Å². The molecule has 0 aliphatic heterocycles. The van der Waals surface area contributed by atoms with E-state index in [0.717, 1.165) is 29.3 Å². The summed E-state index contributed by atoms with van der Waals surface area (Å²) in [6, 6.07) is 9.45. The number of carbonyl (C=O) groups is 1. The number of nitrogens with one attached hydrogen (secondary N) is 2. The summed E-state index contributed by atoms with van der Waals surface area (Å²) in [6.07, 6.45) is 0. The second-order valence-corrected chi connectivity index (χ2v) is 5.22. The molecule has 0 aliphatic rings. The fourth-order valence-electron chi connectivity index (χ4n) is 2.22. The summed E-state index contributed by atoms with van der Waals surface area (Å²) in [5.41, 5.74) is 2.57. The van der Waals surface area contributed by atoms with E-state index >= 15 is 0 Å². The average Bonchev–Trinajstić information content (AvgIpc) is 2.87. The molecule has 1 aromatic carbocycles. The van der Waals surface area contributed by atoms with Crippen LogP contribution in [-0.2, 0) is 0 Å². The van der Waals surface area contributed by atoms with Gasteiger partial charge >= 0.3 is 0 Å². The summed E-state index contributed by atoms with van der Waals surface area (Å²) < 4.78 is 5.55. The maximum atomic E-state index is 12.5. The minimum Gasteiger partial charge on any atom is -0.464 e. The molecule has 0 spiro atoms. The molecule has 0 saturated carbocycles. The van der Waals surface area contributed by atoms with Gasteiger partial charge in [-0.2, -0.15) is 0 Å². The zero-order valence-electron chi connectivity index (χ0n) is 13.0. The smallest absolute Gasteiger partial charge is 0.253 e.